The average molecular weight is 426 g/mol. The molecule has 2 aromatic rings. The van der Waals surface area contributed by atoms with Gasteiger partial charge in [0.15, 0.2) is 5.78 Å². The summed E-state index contributed by atoms with van der Waals surface area (Å²) in [6.45, 7) is 7.99. The van der Waals surface area contributed by atoms with Crippen molar-refractivity contribution in [2.75, 3.05) is 43.6 Å². The Morgan fingerprint density at radius 1 is 1.16 bits per heavy atom. The van der Waals surface area contributed by atoms with Gasteiger partial charge >= 0.3 is 6.03 Å². The lowest BCUT2D eigenvalue weighted by Gasteiger charge is -2.38. The first-order chi connectivity index (χ1) is 14.9. The van der Waals surface area contributed by atoms with Gasteiger partial charge in [-0.2, -0.15) is 0 Å². The monoisotopic (exact) mass is 425 g/mol. The number of urea groups is 1. The molecule has 0 saturated carbocycles. The van der Waals surface area contributed by atoms with Gasteiger partial charge in [-0.05, 0) is 51.8 Å². The van der Waals surface area contributed by atoms with Gasteiger partial charge < -0.3 is 19.9 Å². The van der Waals surface area contributed by atoms with Crippen LogP contribution in [0.25, 0.3) is 0 Å². The first-order valence-electron chi connectivity index (χ1n) is 10.6. The maximum atomic E-state index is 13.1. The first kappa shape index (κ1) is 22.7. The summed E-state index contributed by atoms with van der Waals surface area (Å²) >= 11 is 0. The molecule has 0 spiro atoms. The molecule has 3 rings (SSSR count). The van der Waals surface area contributed by atoms with Gasteiger partial charge in [-0.1, -0.05) is 12.1 Å². The summed E-state index contributed by atoms with van der Waals surface area (Å²) in [5.74, 6) is 0.721. The summed E-state index contributed by atoms with van der Waals surface area (Å²) in [4.78, 5) is 37.9. The van der Waals surface area contributed by atoms with Crippen LogP contribution in [0.4, 0.5) is 16.4 Å². The number of hydrogen-bond donors (Lipinski definition) is 1. The number of carbonyl (C=O) groups is 2. The molecule has 0 bridgehead atoms. The molecule has 1 aromatic carbocycles. The molecular weight excluding hydrogens is 394 g/mol. The number of carbonyl (C=O) groups excluding carboxylic acids is 2. The maximum absolute atomic E-state index is 13.1. The fourth-order valence-electron chi connectivity index (χ4n) is 3.88. The molecule has 2 heterocycles. The van der Waals surface area contributed by atoms with Crippen molar-refractivity contribution in [2.45, 2.75) is 39.7 Å². The van der Waals surface area contributed by atoms with Crippen LogP contribution in [0.15, 0.2) is 30.3 Å². The minimum absolute atomic E-state index is 0.0340. The van der Waals surface area contributed by atoms with Gasteiger partial charge in [-0.15, -0.1) is 0 Å². The van der Waals surface area contributed by atoms with Crippen molar-refractivity contribution in [3.05, 3.63) is 47.3 Å². The van der Waals surface area contributed by atoms with Crippen molar-refractivity contribution in [3.8, 4) is 0 Å². The standard InChI is InChI=1S/C23H31N5O3/c1-16-14-17(2)25-22(24-16)27-10-8-21(9-11-27)28(12-13-31-4)23(30)26-20-7-5-6-19(15-20)18(3)29/h5-7,14-15,21H,8-13H2,1-4H3,(H,26,30). The Labute approximate surface area is 183 Å². The molecule has 0 atom stereocenters. The molecule has 1 fully saturated rings. The molecule has 0 radical (unpaired) electrons. The van der Waals surface area contributed by atoms with Gasteiger partial charge in [-0.3, -0.25) is 4.79 Å². The lowest BCUT2D eigenvalue weighted by Crippen LogP contribution is -2.50. The number of rotatable bonds is 7. The third kappa shape index (κ3) is 6.01. The molecular formula is C23H31N5O3. The highest BCUT2D eigenvalue weighted by Crippen LogP contribution is 2.22. The maximum Gasteiger partial charge on any atom is 0.322 e. The normalized spacial score (nSPS) is 14.4. The predicted molar refractivity (Wildman–Crippen MR) is 121 cm³/mol. The van der Waals surface area contributed by atoms with Gasteiger partial charge in [0.2, 0.25) is 5.95 Å². The molecule has 1 N–H and O–H groups in total. The summed E-state index contributed by atoms with van der Waals surface area (Å²) in [5.41, 5.74) is 3.10. The largest absolute Gasteiger partial charge is 0.383 e. The summed E-state index contributed by atoms with van der Waals surface area (Å²) in [6, 6.07) is 8.88. The van der Waals surface area contributed by atoms with Gasteiger partial charge in [0.25, 0.3) is 0 Å². The van der Waals surface area contributed by atoms with Gasteiger partial charge in [0.1, 0.15) is 0 Å². The van der Waals surface area contributed by atoms with E-state index in [2.05, 4.69) is 20.2 Å². The van der Waals surface area contributed by atoms with Crippen molar-refractivity contribution in [2.24, 2.45) is 0 Å². The Balaban J connectivity index is 1.67. The van der Waals surface area contributed by atoms with E-state index in [1.54, 1.807) is 31.4 Å². The van der Waals surface area contributed by atoms with Crippen LogP contribution in [0.2, 0.25) is 0 Å². The number of methoxy groups -OCH3 is 1. The van der Waals surface area contributed by atoms with Crippen LogP contribution in [0.5, 0.6) is 0 Å². The van der Waals surface area contributed by atoms with Crippen LogP contribution in [-0.2, 0) is 4.74 Å². The fourth-order valence-corrected chi connectivity index (χ4v) is 3.88. The van der Waals surface area contributed by atoms with Gasteiger partial charge in [-0.25, -0.2) is 14.8 Å². The topological polar surface area (TPSA) is 87.7 Å². The number of nitrogens with zero attached hydrogens (tertiary/aromatic N) is 4. The molecule has 1 aliphatic heterocycles. The van der Waals surface area contributed by atoms with Gasteiger partial charge in [0, 0.05) is 55.4 Å². The highest BCUT2D eigenvalue weighted by Gasteiger charge is 2.29. The van der Waals surface area contributed by atoms with E-state index in [0.717, 1.165) is 43.3 Å². The van der Waals surface area contributed by atoms with Crippen molar-refractivity contribution in [1.29, 1.82) is 0 Å². The smallest absolute Gasteiger partial charge is 0.322 e. The van der Waals surface area contributed by atoms with E-state index in [1.807, 2.05) is 24.8 Å². The second-order valence-corrected chi connectivity index (χ2v) is 7.92. The number of benzene rings is 1. The number of Topliss-reactive ketones (excluding diaryl/α,β-unsaturated/α-hetero) is 1. The van der Waals surface area contributed by atoms with E-state index < -0.39 is 0 Å². The molecule has 0 aliphatic carbocycles. The van der Waals surface area contributed by atoms with Crippen molar-refractivity contribution < 1.29 is 14.3 Å². The molecule has 1 aliphatic rings. The number of ketones is 1. The SMILES string of the molecule is COCCN(C(=O)Nc1cccc(C(C)=O)c1)C1CCN(c2nc(C)cc(C)n2)CC1. The van der Waals surface area contributed by atoms with E-state index in [9.17, 15) is 9.59 Å². The van der Waals surface area contributed by atoms with E-state index in [1.165, 1.54) is 6.92 Å². The molecule has 1 saturated heterocycles. The first-order valence-corrected chi connectivity index (χ1v) is 10.6. The van der Waals surface area contributed by atoms with E-state index in [4.69, 9.17) is 4.74 Å². The molecule has 8 heteroatoms. The summed E-state index contributed by atoms with van der Waals surface area (Å²) in [5, 5.41) is 2.94. The minimum atomic E-state index is -0.182. The highest BCUT2D eigenvalue weighted by molar-refractivity contribution is 5.96. The Hall–Kier alpha value is -3.00. The number of nitrogens with one attached hydrogen (secondary N) is 1. The Bertz CT molecular complexity index is 905. The molecule has 2 amide bonds. The zero-order valence-corrected chi connectivity index (χ0v) is 18.7. The summed E-state index contributed by atoms with van der Waals surface area (Å²) in [7, 11) is 1.63. The summed E-state index contributed by atoms with van der Waals surface area (Å²) < 4.78 is 5.23. The third-order valence-corrected chi connectivity index (χ3v) is 5.48. The van der Waals surface area contributed by atoms with Crippen molar-refractivity contribution in [3.63, 3.8) is 0 Å². The third-order valence-electron chi connectivity index (χ3n) is 5.48. The van der Waals surface area contributed by atoms with Crippen LogP contribution in [-0.4, -0.2) is 66.1 Å². The van der Waals surface area contributed by atoms with Crippen LogP contribution in [0.3, 0.4) is 0 Å². The number of amides is 2. The quantitative estimate of drug-likeness (QED) is 0.684. The fraction of sp³-hybridized carbons (Fsp3) is 0.478. The number of anilines is 2. The Morgan fingerprint density at radius 3 is 2.45 bits per heavy atom. The number of ether oxygens (including phenoxy) is 1. The van der Waals surface area contributed by atoms with Crippen molar-refractivity contribution in [1.82, 2.24) is 14.9 Å². The molecule has 1 aromatic heterocycles. The number of hydrogen-bond acceptors (Lipinski definition) is 6. The predicted octanol–water partition coefficient (Wildman–Crippen LogP) is 3.45. The molecule has 8 nitrogen and oxygen atoms in total. The van der Waals surface area contributed by atoms with E-state index in [0.29, 0.717) is 24.4 Å². The Morgan fingerprint density at radius 2 is 1.84 bits per heavy atom. The molecule has 166 valence electrons. The second-order valence-electron chi connectivity index (χ2n) is 7.92. The number of aryl methyl sites for hydroxylation is 2. The van der Waals surface area contributed by atoms with Crippen LogP contribution in [0, 0.1) is 13.8 Å². The zero-order valence-electron chi connectivity index (χ0n) is 18.7. The minimum Gasteiger partial charge on any atom is -0.383 e. The molecule has 31 heavy (non-hydrogen) atoms. The van der Waals surface area contributed by atoms with Crippen LogP contribution in [0.1, 0.15) is 41.5 Å². The highest BCUT2D eigenvalue weighted by atomic mass is 16.5. The molecule has 0 unspecified atom stereocenters. The lowest BCUT2D eigenvalue weighted by atomic mass is 10.0. The number of piperidine rings is 1. The van der Waals surface area contributed by atoms with Gasteiger partial charge in [0.05, 0.1) is 6.61 Å². The summed E-state index contributed by atoms with van der Waals surface area (Å²) in [6.07, 6.45) is 1.64. The van der Waals surface area contributed by atoms with Crippen molar-refractivity contribution >= 4 is 23.5 Å². The second kappa shape index (κ2) is 10.3. The number of aromatic nitrogens is 2. The average Bonchev–Trinajstić information content (AvgIpc) is 2.74. The van der Waals surface area contributed by atoms with Crippen LogP contribution < -0.4 is 10.2 Å². The Kier molecular flexibility index (Phi) is 7.57. The van der Waals surface area contributed by atoms with Crippen LogP contribution >= 0.6 is 0 Å². The van der Waals surface area contributed by atoms with E-state index in [-0.39, 0.29) is 17.9 Å². The zero-order chi connectivity index (χ0) is 22.4. The lowest BCUT2D eigenvalue weighted by molar-refractivity contribution is 0.101. The van der Waals surface area contributed by atoms with E-state index >= 15 is 0 Å².